The number of benzene rings is 1. The van der Waals surface area contributed by atoms with E-state index in [4.69, 9.17) is 0 Å². The first-order chi connectivity index (χ1) is 8.69. The van der Waals surface area contributed by atoms with E-state index in [2.05, 4.69) is 18.4 Å². The van der Waals surface area contributed by atoms with E-state index in [1.165, 1.54) is 21.2 Å². The predicted molar refractivity (Wildman–Crippen MR) is 78.1 cm³/mol. The molecule has 0 aliphatic carbocycles. The summed E-state index contributed by atoms with van der Waals surface area (Å²) < 4.78 is 1.28. The fourth-order valence-electron chi connectivity index (χ4n) is 1.42. The maximum Gasteiger partial charge on any atom is 0.269 e. The van der Waals surface area contributed by atoms with Gasteiger partial charge in [0.15, 0.2) is 0 Å². The van der Waals surface area contributed by atoms with Gasteiger partial charge in [-0.1, -0.05) is 6.08 Å². The zero-order chi connectivity index (χ0) is 13.0. The molecule has 92 valence electrons. The van der Waals surface area contributed by atoms with E-state index in [-0.39, 0.29) is 5.69 Å². The van der Waals surface area contributed by atoms with Gasteiger partial charge in [-0.3, -0.25) is 10.1 Å². The number of nitrogens with zero attached hydrogens (tertiary/aromatic N) is 1. The quantitative estimate of drug-likeness (QED) is 0.468. The SMILES string of the molecule is CSc1ccc(C=Cc2ccc([N+](=O)[O-])cc2)s1. The van der Waals surface area contributed by atoms with Crippen molar-refractivity contribution < 1.29 is 4.92 Å². The molecular weight excluding hydrogens is 266 g/mol. The molecule has 1 aromatic carbocycles. The number of rotatable bonds is 4. The molecule has 0 aliphatic heterocycles. The smallest absolute Gasteiger partial charge is 0.258 e. The Morgan fingerprint density at radius 3 is 2.44 bits per heavy atom. The van der Waals surface area contributed by atoms with Gasteiger partial charge in [0, 0.05) is 17.0 Å². The number of non-ortho nitro benzene ring substituents is 1. The first kappa shape index (κ1) is 12.9. The lowest BCUT2D eigenvalue weighted by Gasteiger charge is -1.93. The minimum atomic E-state index is -0.391. The highest BCUT2D eigenvalue weighted by molar-refractivity contribution is 8.00. The average molecular weight is 277 g/mol. The molecule has 0 fully saturated rings. The predicted octanol–water partition coefficient (Wildman–Crippen LogP) is 4.55. The Bertz CT molecular complexity index is 573. The molecule has 0 N–H and O–H groups in total. The van der Waals surface area contributed by atoms with Crippen molar-refractivity contribution in [1.29, 1.82) is 0 Å². The number of thioether (sulfide) groups is 1. The van der Waals surface area contributed by atoms with Gasteiger partial charge in [0.05, 0.1) is 9.13 Å². The van der Waals surface area contributed by atoms with Gasteiger partial charge in [0.25, 0.3) is 5.69 Å². The largest absolute Gasteiger partial charge is 0.269 e. The second-order valence-electron chi connectivity index (χ2n) is 3.54. The lowest BCUT2D eigenvalue weighted by atomic mass is 10.2. The summed E-state index contributed by atoms with van der Waals surface area (Å²) in [6.45, 7) is 0. The van der Waals surface area contributed by atoms with Crippen molar-refractivity contribution in [2.75, 3.05) is 6.26 Å². The van der Waals surface area contributed by atoms with Gasteiger partial charge in [-0.2, -0.15) is 0 Å². The standard InChI is InChI=1S/C13H11NO2S2/c1-17-13-9-8-12(18-13)7-4-10-2-5-11(6-3-10)14(15)16/h2-9H,1H3. The summed E-state index contributed by atoms with van der Waals surface area (Å²) in [5, 5.41) is 10.5. The van der Waals surface area contributed by atoms with E-state index < -0.39 is 4.92 Å². The highest BCUT2D eigenvalue weighted by Gasteiger charge is 2.02. The molecule has 0 spiro atoms. The first-order valence-corrected chi connectivity index (χ1v) is 7.29. The van der Waals surface area contributed by atoms with Crippen molar-refractivity contribution in [3.05, 3.63) is 57.0 Å². The average Bonchev–Trinajstić information content (AvgIpc) is 2.85. The van der Waals surface area contributed by atoms with E-state index >= 15 is 0 Å². The Balaban J connectivity index is 2.11. The topological polar surface area (TPSA) is 43.1 Å². The van der Waals surface area contributed by atoms with Crippen LogP contribution in [0.2, 0.25) is 0 Å². The number of thiophene rings is 1. The lowest BCUT2D eigenvalue weighted by Crippen LogP contribution is -1.86. The molecule has 5 heteroatoms. The van der Waals surface area contributed by atoms with E-state index in [9.17, 15) is 10.1 Å². The summed E-state index contributed by atoms with van der Waals surface area (Å²) in [6.07, 6.45) is 6.03. The molecule has 2 rings (SSSR count). The zero-order valence-electron chi connectivity index (χ0n) is 9.70. The van der Waals surface area contributed by atoms with Crippen LogP contribution in [0.3, 0.4) is 0 Å². The Labute approximate surface area is 113 Å². The van der Waals surface area contributed by atoms with Gasteiger partial charge in [0.1, 0.15) is 0 Å². The van der Waals surface area contributed by atoms with E-state index in [1.54, 1.807) is 35.2 Å². The van der Waals surface area contributed by atoms with Crippen LogP contribution in [0.5, 0.6) is 0 Å². The van der Waals surface area contributed by atoms with Crippen LogP contribution in [0.15, 0.2) is 40.6 Å². The molecule has 0 saturated heterocycles. The Morgan fingerprint density at radius 2 is 1.89 bits per heavy atom. The van der Waals surface area contributed by atoms with Crippen LogP contribution in [0, 0.1) is 10.1 Å². The Morgan fingerprint density at radius 1 is 1.17 bits per heavy atom. The van der Waals surface area contributed by atoms with Crippen molar-refractivity contribution >= 4 is 40.9 Å². The molecule has 0 radical (unpaired) electrons. The van der Waals surface area contributed by atoms with Crippen LogP contribution in [0.1, 0.15) is 10.4 Å². The molecule has 18 heavy (non-hydrogen) atoms. The molecule has 2 aromatic rings. The highest BCUT2D eigenvalue weighted by Crippen LogP contribution is 2.26. The third-order valence-corrected chi connectivity index (χ3v) is 4.48. The number of nitro groups is 1. The summed E-state index contributed by atoms with van der Waals surface area (Å²) in [5.74, 6) is 0. The second kappa shape index (κ2) is 5.84. The van der Waals surface area contributed by atoms with Crippen molar-refractivity contribution in [2.45, 2.75) is 4.21 Å². The van der Waals surface area contributed by atoms with E-state index in [0.717, 1.165) is 5.56 Å². The normalized spacial score (nSPS) is 10.9. The van der Waals surface area contributed by atoms with Crippen LogP contribution >= 0.6 is 23.1 Å². The monoisotopic (exact) mass is 277 g/mol. The number of hydrogen-bond donors (Lipinski definition) is 0. The summed E-state index contributed by atoms with van der Waals surface area (Å²) in [7, 11) is 0. The molecule has 0 amide bonds. The number of hydrogen-bond acceptors (Lipinski definition) is 4. The van der Waals surface area contributed by atoms with Crippen molar-refractivity contribution in [1.82, 2.24) is 0 Å². The third-order valence-electron chi connectivity index (χ3n) is 2.35. The zero-order valence-corrected chi connectivity index (χ0v) is 11.3. The van der Waals surface area contributed by atoms with Gasteiger partial charge in [-0.05, 0) is 42.2 Å². The Kier molecular flexibility index (Phi) is 4.17. The fourth-order valence-corrected chi connectivity index (χ4v) is 2.89. The molecule has 1 heterocycles. The summed E-state index contributed by atoms with van der Waals surface area (Å²) in [4.78, 5) is 11.3. The minimum absolute atomic E-state index is 0.118. The van der Waals surface area contributed by atoms with Crippen LogP contribution in [0.4, 0.5) is 5.69 Å². The second-order valence-corrected chi connectivity index (χ2v) is 5.76. The molecule has 0 saturated carbocycles. The van der Waals surface area contributed by atoms with E-state index in [1.807, 2.05) is 12.2 Å². The van der Waals surface area contributed by atoms with Crippen molar-refractivity contribution in [2.24, 2.45) is 0 Å². The van der Waals surface area contributed by atoms with Gasteiger partial charge < -0.3 is 0 Å². The molecule has 3 nitrogen and oxygen atoms in total. The number of nitro benzene ring substituents is 1. The van der Waals surface area contributed by atoms with Crippen LogP contribution in [-0.2, 0) is 0 Å². The Hall–Kier alpha value is -1.59. The first-order valence-electron chi connectivity index (χ1n) is 5.25. The lowest BCUT2D eigenvalue weighted by molar-refractivity contribution is -0.384. The van der Waals surface area contributed by atoms with Gasteiger partial charge in [-0.15, -0.1) is 23.1 Å². The van der Waals surface area contributed by atoms with Gasteiger partial charge >= 0.3 is 0 Å². The third kappa shape index (κ3) is 3.21. The molecular formula is C13H11NO2S2. The maximum absolute atomic E-state index is 10.5. The van der Waals surface area contributed by atoms with Crippen molar-refractivity contribution in [3.8, 4) is 0 Å². The summed E-state index contributed by atoms with van der Waals surface area (Å²) in [6, 6.07) is 10.7. The van der Waals surface area contributed by atoms with Crippen molar-refractivity contribution in [3.63, 3.8) is 0 Å². The summed E-state index contributed by atoms with van der Waals surface area (Å²) in [5.41, 5.74) is 1.08. The molecule has 0 bridgehead atoms. The molecule has 1 aromatic heterocycles. The molecule has 0 aliphatic rings. The van der Waals surface area contributed by atoms with Crippen LogP contribution < -0.4 is 0 Å². The van der Waals surface area contributed by atoms with Crippen LogP contribution in [-0.4, -0.2) is 11.2 Å². The minimum Gasteiger partial charge on any atom is -0.258 e. The molecule has 0 unspecified atom stereocenters. The molecule has 0 atom stereocenters. The van der Waals surface area contributed by atoms with Crippen LogP contribution in [0.25, 0.3) is 12.2 Å². The maximum atomic E-state index is 10.5. The summed E-state index contributed by atoms with van der Waals surface area (Å²) >= 11 is 3.45. The fraction of sp³-hybridized carbons (Fsp3) is 0.0769. The van der Waals surface area contributed by atoms with Gasteiger partial charge in [0.2, 0.25) is 0 Å². The van der Waals surface area contributed by atoms with E-state index in [0.29, 0.717) is 0 Å². The van der Waals surface area contributed by atoms with Gasteiger partial charge in [-0.25, -0.2) is 0 Å². The highest BCUT2D eigenvalue weighted by atomic mass is 32.2.